The summed E-state index contributed by atoms with van der Waals surface area (Å²) in [7, 11) is 0. The maximum atomic E-state index is 12.8. The molecule has 0 saturated carbocycles. The Morgan fingerprint density at radius 1 is 0.964 bits per heavy atom. The number of benzene rings is 3. The third-order valence-corrected chi connectivity index (χ3v) is 6.48. The van der Waals surface area contributed by atoms with Crippen molar-refractivity contribution in [3.05, 3.63) is 79.6 Å². The van der Waals surface area contributed by atoms with Crippen LogP contribution in [0.2, 0.25) is 0 Å². The predicted octanol–water partition coefficient (Wildman–Crippen LogP) is 6.31. The van der Waals surface area contributed by atoms with Gasteiger partial charge in [-0.25, -0.2) is 0 Å². The van der Waals surface area contributed by atoms with Crippen LogP contribution in [0, 0.1) is 0 Å². The van der Waals surface area contributed by atoms with Crippen LogP contribution in [0.15, 0.2) is 68.4 Å². The van der Waals surface area contributed by atoms with E-state index in [1.807, 2.05) is 42.5 Å². The largest absolute Gasteiger partial charge is 0.506 e. The highest BCUT2D eigenvalue weighted by Gasteiger charge is 2.35. The van der Waals surface area contributed by atoms with Crippen molar-refractivity contribution in [2.24, 2.45) is 0 Å². The number of aromatic hydroxyl groups is 1. The molecule has 0 radical (unpaired) electrons. The van der Waals surface area contributed by atoms with Crippen molar-refractivity contribution in [3.8, 4) is 5.75 Å². The van der Waals surface area contributed by atoms with Crippen molar-refractivity contribution in [3.63, 3.8) is 0 Å². The molecular formula is C21H13Br2NO3S. The first kappa shape index (κ1) is 19.2. The summed E-state index contributed by atoms with van der Waals surface area (Å²) >= 11 is 7.46. The molecule has 1 saturated heterocycles. The molecule has 0 bridgehead atoms. The predicted molar refractivity (Wildman–Crippen MR) is 119 cm³/mol. The quantitative estimate of drug-likeness (QED) is 0.413. The van der Waals surface area contributed by atoms with E-state index < -0.39 is 0 Å². The van der Waals surface area contributed by atoms with E-state index in [4.69, 9.17) is 0 Å². The molecule has 0 spiro atoms. The molecule has 1 heterocycles. The summed E-state index contributed by atoms with van der Waals surface area (Å²) in [6.07, 6.45) is 1.65. The zero-order valence-corrected chi connectivity index (χ0v) is 18.3. The lowest BCUT2D eigenvalue weighted by Crippen LogP contribution is -2.27. The van der Waals surface area contributed by atoms with Gasteiger partial charge >= 0.3 is 0 Å². The van der Waals surface area contributed by atoms with E-state index >= 15 is 0 Å². The lowest BCUT2D eigenvalue weighted by molar-refractivity contribution is -0.123. The topological polar surface area (TPSA) is 57.6 Å². The number of amides is 2. The Labute approximate surface area is 182 Å². The van der Waals surface area contributed by atoms with Gasteiger partial charge in [0.1, 0.15) is 5.75 Å². The fourth-order valence-electron chi connectivity index (χ4n) is 2.98. The lowest BCUT2D eigenvalue weighted by Gasteiger charge is -2.13. The van der Waals surface area contributed by atoms with Gasteiger partial charge in [0.15, 0.2) is 0 Å². The Morgan fingerprint density at radius 3 is 2.36 bits per heavy atom. The number of fused-ring (bicyclic) bond motifs is 1. The van der Waals surface area contributed by atoms with Crippen LogP contribution in [0.4, 0.5) is 4.79 Å². The van der Waals surface area contributed by atoms with Crippen molar-refractivity contribution in [2.45, 2.75) is 6.54 Å². The van der Waals surface area contributed by atoms with Crippen LogP contribution in [-0.2, 0) is 11.3 Å². The molecule has 0 atom stereocenters. The minimum absolute atomic E-state index is 0.0848. The van der Waals surface area contributed by atoms with Crippen molar-refractivity contribution in [1.82, 2.24) is 4.90 Å². The second-order valence-electron chi connectivity index (χ2n) is 6.28. The van der Waals surface area contributed by atoms with Gasteiger partial charge in [-0.15, -0.1) is 0 Å². The molecule has 1 fully saturated rings. The molecule has 28 heavy (non-hydrogen) atoms. The van der Waals surface area contributed by atoms with E-state index in [-0.39, 0.29) is 23.4 Å². The summed E-state index contributed by atoms with van der Waals surface area (Å²) in [6.45, 7) is 0.232. The minimum Gasteiger partial charge on any atom is -0.506 e. The monoisotopic (exact) mass is 517 g/mol. The average Bonchev–Trinajstić information content (AvgIpc) is 2.93. The normalized spacial score (nSPS) is 15.8. The number of hydrogen-bond acceptors (Lipinski definition) is 4. The number of halogens is 2. The fraction of sp³-hybridized carbons (Fsp3) is 0.0476. The van der Waals surface area contributed by atoms with Gasteiger partial charge in [-0.1, -0.05) is 36.4 Å². The van der Waals surface area contributed by atoms with E-state index in [1.165, 1.54) is 4.90 Å². The Morgan fingerprint density at radius 2 is 1.64 bits per heavy atom. The molecule has 0 aromatic heterocycles. The number of phenols is 1. The van der Waals surface area contributed by atoms with Gasteiger partial charge < -0.3 is 5.11 Å². The van der Waals surface area contributed by atoms with Crippen LogP contribution in [0.1, 0.15) is 11.1 Å². The van der Waals surface area contributed by atoms with Crippen molar-refractivity contribution < 1.29 is 14.7 Å². The van der Waals surface area contributed by atoms with Crippen molar-refractivity contribution in [2.75, 3.05) is 0 Å². The number of rotatable bonds is 3. The molecule has 0 unspecified atom stereocenters. The van der Waals surface area contributed by atoms with Gasteiger partial charge in [-0.05, 0) is 89.8 Å². The maximum absolute atomic E-state index is 12.8. The van der Waals surface area contributed by atoms with Gasteiger partial charge in [0.25, 0.3) is 11.1 Å². The number of carbonyl (C=O) groups is 2. The minimum atomic E-state index is -0.316. The summed E-state index contributed by atoms with van der Waals surface area (Å²) in [5, 5.41) is 11.7. The van der Waals surface area contributed by atoms with Crippen molar-refractivity contribution >= 4 is 71.6 Å². The first-order valence-corrected chi connectivity index (χ1v) is 10.7. The molecule has 1 N–H and O–H groups in total. The molecule has 0 aliphatic carbocycles. The van der Waals surface area contributed by atoms with Crippen LogP contribution >= 0.6 is 43.6 Å². The highest BCUT2D eigenvalue weighted by Crippen LogP contribution is 2.37. The average molecular weight is 519 g/mol. The molecule has 140 valence electrons. The smallest absolute Gasteiger partial charge is 0.293 e. The maximum Gasteiger partial charge on any atom is 0.293 e. The van der Waals surface area contributed by atoms with Gasteiger partial charge in [0.05, 0.1) is 20.4 Å². The number of hydrogen-bond donors (Lipinski definition) is 1. The van der Waals surface area contributed by atoms with Gasteiger partial charge in [-0.3, -0.25) is 14.5 Å². The molecule has 1 aliphatic heterocycles. The van der Waals surface area contributed by atoms with E-state index in [2.05, 4.69) is 31.9 Å². The third-order valence-electron chi connectivity index (χ3n) is 4.37. The third kappa shape index (κ3) is 3.74. The molecule has 4 rings (SSSR count). The fourth-order valence-corrected chi connectivity index (χ4v) is 5.04. The summed E-state index contributed by atoms with van der Waals surface area (Å²) < 4.78 is 1.01. The van der Waals surface area contributed by atoms with E-state index in [0.29, 0.717) is 19.4 Å². The van der Waals surface area contributed by atoms with Crippen LogP contribution < -0.4 is 0 Å². The zero-order valence-electron chi connectivity index (χ0n) is 14.4. The lowest BCUT2D eigenvalue weighted by atomic mass is 10.1. The summed E-state index contributed by atoms with van der Waals surface area (Å²) in [5.41, 5.74) is 1.60. The second-order valence-corrected chi connectivity index (χ2v) is 8.98. The molecule has 3 aromatic rings. The standard InChI is InChI=1S/C21H13Br2NO3S/c22-16-8-13(9-17(23)19(16)25)10-18-20(26)24(21(27)28-18)11-12-5-6-14-3-1-2-4-15(14)7-12/h1-10,25H,11H2/b18-10-. The molecule has 7 heteroatoms. The summed E-state index contributed by atoms with van der Waals surface area (Å²) in [4.78, 5) is 26.8. The molecule has 4 nitrogen and oxygen atoms in total. The second kappa shape index (κ2) is 7.73. The number of thioether (sulfide) groups is 1. The molecule has 2 amide bonds. The van der Waals surface area contributed by atoms with Crippen molar-refractivity contribution in [1.29, 1.82) is 0 Å². The van der Waals surface area contributed by atoms with Crippen LogP contribution in [-0.4, -0.2) is 21.2 Å². The SMILES string of the molecule is O=C1S/C(=C\c2cc(Br)c(O)c(Br)c2)C(=O)N1Cc1ccc2ccccc2c1. The molecular weight excluding hydrogens is 506 g/mol. The number of phenolic OH excluding ortho intramolecular Hbond substituents is 1. The van der Waals surface area contributed by atoms with E-state index in [9.17, 15) is 14.7 Å². The Hall–Kier alpha value is -2.09. The number of imide groups is 1. The Balaban J connectivity index is 1.60. The van der Waals surface area contributed by atoms with Gasteiger partial charge in [0, 0.05) is 0 Å². The highest BCUT2D eigenvalue weighted by molar-refractivity contribution is 9.11. The molecule has 3 aromatic carbocycles. The Bertz CT molecular complexity index is 1140. The van der Waals surface area contributed by atoms with E-state index in [0.717, 1.165) is 28.1 Å². The Kier molecular flexibility index (Phi) is 5.31. The number of nitrogens with zero attached hydrogens (tertiary/aromatic N) is 1. The zero-order chi connectivity index (χ0) is 19.8. The number of carbonyl (C=O) groups excluding carboxylic acids is 2. The molecule has 1 aliphatic rings. The van der Waals surface area contributed by atoms with Crippen LogP contribution in [0.25, 0.3) is 16.8 Å². The highest BCUT2D eigenvalue weighted by atomic mass is 79.9. The summed E-state index contributed by atoms with van der Waals surface area (Å²) in [5.74, 6) is -0.231. The van der Waals surface area contributed by atoms with Crippen LogP contribution in [0.3, 0.4) is 0 Å². The van der Waals surface area contributed by atoms with E-state index in [1.54, 1.807) is 18.2 Å². The first-order valence-electron chi connectivity index (χ1n) is 8.33. The van der Waals surface area contributed by atoms with Gasteiger partial charge in [-0.2, -0.15) is 0 Å². The van der Waals surface area contributed by atoms with Gasteiger partial charge in [0.2, 0.25) is 0 Å². The van der Waals surface area contributed by atoms with Crippen LogP contribution in [0.5, 0.6) is 5.75 Å². The first-order chi connectivity index (χ1) is 13.4. The summed E-state index contributed by atoms with van der Waals surface area (Å²) in [6, 6.07) is 17.3.